The first-order valence-electron chi connectivity index (χ1n) is 15.6. The van der Waals surface area contributed by atoms with Gasteiger partial charge >= 0.3 is 0 Å². The Labute approximate surface area is 252 Å². The van der Waals surface area contributed by atoms with E-state index in [9.17, 15) is 23.2 Å². The van der Waals surface area contributed by atoms with E-state index >= 15 is 0 Å². The fourth-order valence-electron chi connectivity index (χ4n) is 6.98. The highest BCUT2D eigenvalue weighted by Gasteiger charge is 2.48. The van der Waals surface area contributed by atoms with Crippen LogP contribution in [0.5, 0.6) is 5.75 Å². The monoisotopic (exact) mass is 605 g/mol. The van der Waals surface area contributed by atoms with Gasteiger partial charge in [-0.05, 0) is 52.1 Å². The molecule has 3 amide bonds. The second-order valence-corrected chi connectivity index (χ2v) is 12.4. The number of hydrogen-bond donors (Lipinski definition) is 3. The van der Waals surface area contributed by atoms with Crippen LogP contribution in [-0.2, 0) is 19.1 Å². The predicted octanol–water partition coefficient (Wildman–Crippen LogP) is 2.23. The Balaban J connectivity index is 1.41. The highest BCUT2D eigenvalue weighted by atomic mass is 19.3. The molecule has 6 atom stereocenters. The summed E-state index contributed by atoms with van der Waals surface area (Å²) in [6.45, 7) is 5.95. The third-order valence-corrected chi connectivity index (χ3v) is 9.57. The maximum absolute atomic E-state index is 14.5. The first-order chi connectivity index (χ1) is 20.6. The Kier molecular flexibility index (Phi) is 9.87. The number of para-hydroxylation sites is 1. The number of carbonyl (C=O) groups excluding carboxylic acids is 3. The maximum Gasteiger partial charge on any atom is 0.248 e. The van der Waals surface area contributed by atoms with E-state index in [-0.39, 0.29) is 61.6 Å². The van der Waals surface area contributed by atoms with E-state index in [1.54, 1.807) is 18.9 Å². The van der Waals surface area contributed by atoms with Crippen molar-refractivity contribution < 1.29 is 32.6 Å². The van der Waals surface area contributed by atoms with Gasteiger partial charge in [0.05, 0.1) is 24.8 Å². The summed E-state index contributed by atoms with van der Waals surface area (Å²) in [5.41, 5.74) is 0.889. The SMILES string of the molecule is CCO[C@@H]1C[C@@H]2CN(C(=O)[C@@H](NC(=O)[C@H](C)NC)C3CCC(F)(F)CC3)[C@H](C(=O)NC3CCOc4ccccc43)CN2C1. The first-order valence-corrected chi connectivity index (χ1v) is 15.6. The molecule has 0 aromatic heterocycles. The van der Waals surface area contributed by atoms with E-state index in [0.717, 1.165) is 17.7 Å². The minimum absolute atomic E-state index is 0.00312. The fraction of sp³-hybridized carbons (Fsp3) is 0.710. The topological polar surface area (TPSA) is 112 Å². The number of nitrogens with one attached hydrogen (secondary N) is 3. The van der Waals surface area contributed by atoms with Crippen LogP contribution in [0.15, 0.2) is 24.3 Å². The predicted molar refractivity (Wildman–Crippen MR) is 156 cm³/mol. The summed E-state index contributed by atoms with van der Waals surface area (Å²) in [6.07, 6.45) is 0.883. The summed E-state index contributed by atoms with van der Waals surface area (Å²) < 4.78 is 39.9. The molecule has 3 N–H and O–H groups in total. The number of likely N-dealkylation sites (N-methyl/N-ethyl adjacent to an activating group) is 1. The van der Waals surface area contributed by atoms with Crippen LogP contribution in [0.1, 0.15) is 64.0 Å². The Bertz CT molecular complexity index is 1160. The minimum atomic E-state index is -2.78. The molecule has 2 saturated heterocycles. The molecule has 0 spiro atoms. The number of alkyl halides is 2. The molecule has 1 aromatic rings. The quantitative estimate of drug-likeness (QED) is 0.396. The Hall–Kier alpha value is -2.83. The van der Waals surface area contributed by atoms with Gasteiger partial charge < -0.3 is 30.3 Å². The summed E-state index contributed by atoms with van der Waals surface area (Å²) in [4.78, 5) is 45.3. The number of rotatable bonds is 9. The molecule has 0 radical (unpaired) electrons. The summed E-state index contributed by atoms with van der Waals surface area (Å²) in [7, 11) is 1.64. The standard InChI is InChI=1S/C31H45F2N5O5/c1-4-42-22-15-21-16-38(30(41)27(36-28(39)19(2)34-3)20-9-12-31(32,33)13-10-20)25(18-37(21)17-22)29(40)35-24-11-14-43-26-8-6-5-7-23(24)26/h5-8,19-22,24-25,27,34H,4,9-18H2,1-3H3,(H,35,40)(H,36,39)/t19-,21+,22+,24?,25-,27-/m0/s1. The molecule has 0 bridgehead atoms. The lowest BCUT2D eigenvalue weighted by atomic mass is 9.81. The molecule has 5 rings (SSSR count). The van der Waals surface area contributed by atoms with Crippen molar-refractivity contribution in [1.82, 2.24) is 25.8 Å². The van der Waals surface area contributed by atoms with Crippen molar-refractivity contribution in [1.29, 1.82) is 0 Å². The number of nitrogens with zero attached hydrogens (tertiary/aromatic N) is 2. The summed E-state index contributed by atoms with van der Waals surface area (Å²) in [6, 6.07) is 4.92. The van der Waals surface area contributed by atoms with Crippen LogP contribution in [0.2, 0.25) is 0 Å². The van der Waals surface area contributed by atoms with Gasteiger partial charge in [0.1, 0.15) is 17.8 Å². The van der Waals surface area contributed by atoms with Gasteiger partial charge in [0.15, 0.2) is 0 Å². The van der Waals surface area contributed by atoms with E-state index in [4.69, 9.17) is 9.47 Å². The molecule has 1 unspecified atom stereocenters. The molecule has 238 valence electrons. The number of fused-ring (bicyclic) bond motifs is 2. The highest BCUT2D eigenvalue weighted by Crippen LogP contribution is 2.39. The van der Waals surface area contributed by atoms with Crippen molar-refractivity contribution in [3.8, 4) is 5.75 Å². The van der Waals surface area contributed by atoms with E-state index in [0.29, 0.717) is 39.3 Å². The molecule has 4 aliphatic rings. The normalized spacial score (nSPS) is 28.6. The zero-order valence-corrected chi connectivity index (χ0v) is 25.3. The van der Waals surface area contributed by atoms with Crippen molar-refractivity contribution in [2.75, 3.05) is 39.9 Å². The molecule has 12 heteroatoms. The molecule has 10 nitrogen and oxygen atoms in total. The largest absolute Gasteiger partial charge is 0.493 e. The number of amides is 3. The van der Waals surface area contributed by atoms with E-state index in [1.807, 2.05) is 31.2 Å². The Morgan fingerprint density at radius 3 is 2.58 bits per heavy atom. The van der Waals surface area contributed by atoms with Crippen molar-refractivity contribution in [3.05, 3.63) is 29.8 Å². The first kappa shape index (κ1) is 31.6. The summed E-state index contributed by atoms with van der Waals surface area (Å²) in [5, 5.41) is 8.94. The van der Waals surface area contributed by atoms with Gasteiger partial charge in [0, 0.05) is 57.1 Å². The lowest BCUT2D eigenvalue weighted by Gasteiger charge is -2.45. The van der Waals surface area contributed by atoms with Gasteiger partial charge in [-0.25, -0.2) is 8.78 Å². The Morgan fingerprint density at radius 2 is 1.86 bits per heavy atom. The van der Waals surface area contributed by atoms with Gasteiger partial charge in [-0.1, -0.05) is 18.2 Å². The van der Waals surface area contributed by atoms with Crippen molar-refractivity contribution in [2.24, 2.45) is 5.92 Å². The van der Waals surface area contributed by atoms with Crippen molar-refractivity contribution in [3.63, 3.8) is 0 Å². The smallest absolute Gasteiger partial charge is 0.248 e. The second-order valence-electron chi connectivity index (χ2n) is 12.4. The molecule has 1 saturated carbocycles. The summed E-state index contributed by atoms with van der Waals surface area (Å²) >= 11 is 0. The zero-order valence-electron chi connectivity index (χ0n) is 25.3. The van der Waals surface area contributed by atoms with Crippen LogP contribution >= 0.6 is 0 Å². The van der Waals surface area contributed by atoms with Crippen LogP contribution in [0.4, 0.5) is 8.78 Å². The maximum atomic E-state index is 14.5. The average Bonchev–Trinajstić information content (AvgIpc) is 3.40. The molecule has 1 aliphatic carbocycles. The lowest BCUT2D eigenvalue weighted by Crippen LogP contribution is -2.66. The zero-order chi connectivity index (χ0) is 30.7. The molecule has 3 heterocycles. The van der Waals surface area contributed by atoms with Gasteiger partial charge in [-0.3, -0.25) is 19.3 Å². The lowest BCUT2D eigenvalue weighted by molar-refractivity contribution is -0.150. The molecule has 43 heavy (non-hydrogen) atoms. The number of ether oxygens (including phenoxy) is 2. The third kappa shape index (κ3) is 7.12. The van der Waals surface area contributed by atoms with E-state index < -0.39 is 30.0 Å². The molecular formula is C31H45F2N5O5. The van der Waals surface area contributed by atoms with Crippen LogP contribution in [-0.4, -0.2) is 104 Å². The van der Waals surface area contributed by atoms with Gasteiger partial charge in [-0.2, -0.15) is 0 Å². The second kappa shape index (κ2) is 13.4. The van der Waals surface area contributed by atoms with Crippen LogP contribution in [0, 0.1) is 5.92 Å². The number of halogens is 2. The third-order valence-electron chi connectivity index (χ3n) is 9.57. The number of carbonyl (C=O) groups is 3. The number of hydrogen-bond acceptors (Lipinski definition) is 7. The van der Waals surface area contributed by atoms with Gasteiger partial charge in [0.25, 0.3) is 0 Å². The molecule has 3 fully saturated rings. The number of piperazine rings is 1. The van der Waals surface area contributed by atoms with Gasteiger partial charge in [-0.15, -0.1) is 0 Å². The molecular weight excluding hydrogens is 560 g/mol. The Morgan fingerprint density at radius 1 is 1.12 bits per heavy atom. The van der Waals surface area contributed by atoms with E-state index in [1.165, 1.54) is 0 Å². The van der Waals surface area contributed by atoms with Crippen molar-refractivity contribution >= 4 is 17.7 Å². The number of benzene rings is 1. The van der Waals surface area contributed by atoms with Crippen LogP contribution in [0.25, 0.3) is 0 Å². The van der Waals surface area contributed by atoms with Crippen LogP contribution in [0.3, 0.4) is 0 Å². The van der Waals surface area contributed by atoms with Crippen LogP contribution < -0.4 is 20.7 Å². The van der Waals surface area contributed by atoms with E-state index in [2.05, 4.69) is 20.9 Å². The molecule has 1 aromatic carbocycles. The average molecular weight is 606 g/mol. The van der Waals surface area contributed by atoms with Crippen molar-refractivity contribution in [2.45, 2.75) is 94.6 Å². The fourth-order valence-corrected chi connectivity index (χ4v) is 6.98. The minimum Gasteiger partial charge on any atom is -0.493 e. The van der Waals surface area contributed by atoms with Gasteiger partial charge in [0.2, 0.25) is 23.6 Å². The molecule has 3 aliphatic heterocycles. The summed E-state index contributed by atoms with van der Waals surface area (Å²) in [5.74, 6) is -3.56. The highest BCUT2D eigenvalue weighted by molar-refractivity contribution is 5.93.